The van der Waals surface area contributed by atoms with Crippen molar-refractivity contribution in [3.8, 4) is 0 Å². The first-order valence-corrected chi connectivity index (χ1v) is 5.56. The summed E-state index contributed by atoms with van der Waals surface area (Å²) in [6.07, 6.45) is 1.63. The fourth-order valence-electron chi connectivity index (χ4n) is 1.61. The number of nitrogens with zero attached hydrogens (tertiary/aromatic N) is 1. The van der Waals surface area contributed by atoms with Gasteiger partial charge in [0.1, 0.15) is 5.82 Å². The Morgan fingerprint density at radius 2 is 2.00 bits per heavy atom. The molecule has 0 aliphatic carbocycles. The van der Waals surface area contributed by atoms with E-state index < -0.39 is 0 Å². The number of amides is 1. The van der Waals surface area contributed by atoms with Gasteiger partial charge in [0.05, 0.1) is 0 Å². The molecular weight excluding hydrogens is 231 g/mol. The fraction of sp³-hybridized carbons (Fsp3) is 0.143. The van der Waals surface area contributed by atoms with Crippen LogP contribution in [-0.2, 0) is 0 Å². The molecule has 2 aromatic rings. The Hall–Kier alpha value is -2.23. The number of carbonyl (C=O) groups excluding carboxylic acids is 1. The van der Waals surface area contributed by atoms with Gasteiger partial charge in [0.2, 0.25) is 0 Å². The number of anilines is 1. The van der Waals surface area contributed by atoms with Gasteiger partial charge in [-0.15, -0.1) is 0 Å². The lowest BCUT2D eigenvalue weighted by Crippen LogP contribution is -2.12. The van der Waals surface area contributed by atoms with Crippen molar-refractivity contribution in [2.24, 2.45) is 0 Å². The molecule has 18 heavy (non-hydrogen) atoms. The van der Waals surface area contributed by atoms with Crippen LogP contribution < -0.4 is 5.32 Å². The second-order valence-electron chi connectivity index (χ2n) is 4.10. The number of aryl methyl sites for hydroxylation is 2. The number of hydrogen-bond acceptors (Lipinski definition) is 2. The molecule has 0 atom stereocenters. The number of aromatic nitrogens is 1. The molecular formula is C14H13FN2O. The molecule has 4 heteroatoms. The number of pyridine rings is 1. The average molecular weight is 244 g/mol. The Kier molecular flexibility index (Phi) is 3.37. The van der Waals surface area contributed by atoms with Gasteiger partial charge in [0, 0.05) is 23.1 Å². The maximum Gasteiger partial charge on any atom is 0.255 e. The topological polar surface area (TPSA) is 42.0 Å². The molecule has 1 heterocycles. The highest BCUT2D eigenvalue weighted by atomic mass is 19.1. The van der Waals surface area contributed by atoms with Crippen LogP contribution in [-0.4, -0.2) is 10.9 Å². The molecule has 0 bridgehead atoms. The molecule has 1 aromatic carbocycles. The van der Waals surface area contributed by atoms with Gasteiger partial charge >= 0.3 is 0 Å². The number of benzene rings is 1. The van der Waals surface area contributed by atoms with E-state index in [-0.39, 0.29) is 11.7 Å². The monoisotopic (exact) mass is 244 g/mol. The molecule has 0 aliphatic heterocycles. The van der Waals surface area contributed by atoms with Gasteiger partial charge in [0.25, 0.3) is 5.91 Å². The van der Waals surface area contributed by atoms with Gasteiger partial charge in [-0.1, -0.05) is 0 Å². The highest BCUT2D eigenvalue weighted by Crippen LogP contribution is 2.12. The number of halogens is 1. The number of carbonyl (C=O) groups is 1. The molecule has 0 saturated heterocycles. The third kappa shape index (κ3) is 2.71. The zero-order valence-corrected chi connectivity index (χ0v) is 10.2. The Bertz CT molecular complexity index is 596. The normalized spacial score (nSPS) is 10.2. The molecule has 2 rings (SSSR count). The van der Waals surface area contributed by atoms with E-state index in [0.29, 0.717) is 16.8 Å². The Labute approximate surface area is 105 Å². The van der Waals surface area contributed by atoms with Crippen LogP contribution in [0.3, 0.4) is 0 Å². The highest BCUT2D eigenvalue weighted by Gasteiger charge is 2.08. The highest BCUT2D eigenvalue weighted by molar-refractivity contribution is 6.04. The predicted octanol–water partition coefficient (Wildman–Crippen LogP) is 3.09. The van der Waals surface area contributed by atoms with Crippen molar-refractivity contribution < 1.29 is 9.18 Å². The van der Waals surface area contributed by atoms with Crippen molar-refractivity contribution in [1.29, 1.82) is 0 Å². The molecule has 0 radical (unpaired) electrons. The van der Waals surface area contributed by atoms with Gasteiger partial charge in [-0.3, -0.25) is 9.78 Å². The maximum atomic E-state index is 13.1. The lowest BCUT2D eigenvalue weighted by Gasteiger charge is -2.06. The van der Waals surface area contributed by atoms with Crippen molar-refractivity contribution in [2.75, 3.05) is 5.32 Å². The van der Waals surface area contributed by atoms with E-state index in [9.17, 15) is 9.18 Å². The molecule has 1 N–H and O–H groups in total. The van der Waals surface area contributed by atoms with Gasteiger partial charge < -0.3 is 5.32 Å². The van der Waals surface area contributed by atoms with Crippen LogP contribution >= 0.6 is 0 Å². The van der Waals surface area contributed by atoms with Gasteiger partial charge in [-0.05, 0) is 49.7 Å². The summed E-state index contributed by atoms with van der Waals surface area (Å²) in [7, 11) is 0. The maximum absolute atomic E-state index is 13.1. The van der Waals surface area contributed by atoms with Crippen LogP contribution in [0.2, 0.25) is 0 Å². The third-order valence-electron chi connectivity index (χ3n) is 2.57. The second kappa shape index (κ2) is 4.96. The minimum atomic E-state index is -0.314. The first kappa shape index (κ1) is 12.2. The van der Waals surface area contributed by atoms with Crippen LogP contribution in [0.15, 0.2) is 36.5 Å². The Morgan fingerprint density at radius 3 is 2.67 bits per heavy atom. The first-order valence-electron chi connectivity index (χ1n) is 5.56. The fourth-order valence-corrected chi connectivity index (χ4v) is 1.61. The summed E-state index contributed by atoms with van der Waals surface area (Å²) >= 11 is 0. The van der Waals surface area contributed by atoms with Gasteiger partial charge in [0.15, 0.2) is 0 Å². The van der Waals surface area contributed by atoms with E-state index in [1.165, 1.54) is 18.2 Å². The second-order valence-corrected chi connectivity index (χ2v) is 4.10. The summed E-state index contributed by atoms with van der Waals surface area (Å²) in [6, 6.07) is 7.77. The smallest absolute Gasteiger partial charge is 0.255 e. The largest absolute Gasteiger partial charge is 0.322 e. The average Bonchev–Trinajstić information content (AvgIpc) is 2.32. The molecule has 1 amide bonds. The van der Waals surface area contributed by atoms with E-state index in [2.05, 4.69) is 10.3 Å². The minimum Gasteiger partial charge on any atom is -0.322 e. The summed E-state index contributed by atoms with van der Waals surface area (Å²) in [5.74, 6) is -0.574. The van der Waals surface area contributed by atoms with Gasteiger partial charge in [-0.25, -0.2) is 4.39 Å². The molecule has 1 aromatic heterocycles. The summed E-state index contributed by atoms with van der Waals surface area (Å²) in [5, 5.41) is 2.74. The number of hydrogen-bond donors (Lipinski definition) is 1. The molecule has 0 unspecified atom stereocenters. The zero-order chi connectivity index (χ0) is 13.1. The van der Waals surface area contributed by atoms with E-state index >= 15 is 0 Å². The Morgan fingerprint density at radius 1 is 1.22 bits per heavy atom. The van der Waals surface area contributed by atoms with Crippen LogP contribution in [0.25, 0.3) is 0 Å². The lowest BCUT2D eigenvalue weighted by atomic mass is 10.1. The predicted molar refractivity (Wildman–Crippen MR) is 68.1 cm³/mol. The van der Waals surface area contributed by atoms with Crippen LogP contribution in [0.4, 0.5) is 10.1 Å². The van der Waals surface area contributed by atoms with E-state index in [1.54, 1.807) is 25.3 Å². The minimum absolute atomic E-state index is 0.260. The van der Waals surface area contributed by atoms with Crippen molar-refractivity contribution in [1.82, 2.24) is 4.98 Å². The zero-order valence-electron chi connectivity index (χ0n) is 10.2. The van der Waals surface area contributed by atoms with E-state index in [4.69, 9.17) is 0 Å². The van der Waals surface area contributed by atoms with Crippen LogP contribution in [0, 0.1) is 19.7 Å². The summed E-state index contributed by atoms with van der Waals surface area (Å²) in [4.78, 5) is 16.0. The molecule has 92 valence electrons. The van der Waals surface area contributed by atoms with Crippen LogP contribution in [0.1, 0.15) is 21.6 Å². The first-order chi connectivity index (χ1) is 8.56. The quantitative estimate of drug-likeness (QED) is 0.882. The standard InChI is InChI=1S/C14H13FN2O/c1-9-7-11(3-4-13(9)15)14(18)17-12-5-6-16-10(2)8-12/h3-8H,1-2H3,(H,16,17,18). The van der Waals surface area contributed by atoms with Crippen LogP contribution in [0.5, 0.6) is 0 Å². The molecule has 3 nitrogen and oxygen atoms in total. The summed E-state index contributed by atoms with van der Waals surface area (Å²) in [6.45, 7) is 3.47. The lowest BCUT2D eigenvalue weighted by molar-refractivity contribution is 0.102. The number of nitrogens with one attached hydrogen (secondary N) is 1. The molecule has 0 spiro atoms. The number of rotatable bonds is 2. The molecule has 0 aliphatic rings. The van der Waals surface area contributed by atoms with Crippen molar-refractivity contribution in [3.63, 3.8) is 0 Å². The third-order valence-corrected chi connectivity index (χ3v) is 2.57. The van der Waals surface area contributed by atoms with Gasteiger partial charge in [-0.2, -0.15) is 0 Å². The Balaban J connectivity index is 2.19. The summed E-state index contributed by atoms with van der Waals surface area (Å²) in [5.41, 5.74) is 2.38. The van der Waals surface area contributed by atoms with E-state index in [1.807, 2.05) is 6.92 Å². The van der Waals surface area contributed by atoms with Crippen molar-refractivity contribution in [2.45, 2.75) is 13.8 Å². The van der Waals surface area contributed by atoms with E-state index in [0.717, 1.165) is 5.69 Å². The van der Waals surface area contributed by atoms with Crippen molar-refractivity contribution in [3.05, 3.63) is 59.2 Å². The van der Waals surface area contributed by atoms with Crippen molar-refractivity contribution >= 4 is 11.6 Å². The summed E-state index contributed by atoms with van der Waals surface area (Å²) < 4.78 is 13.1. The molecule has 0 saturated carbocycles. The molecule has 0 fully saturated rings. The SMILES string of the molecule is Cc1cc(NC(=O)c2ccc(F)c(C)c2)ccn1.